The molecular formula is C17H21F3. The van der Waals surface area contributed by atoms with E-state index in [1.54, 1.807) is 50.3 Å². The minimum atomic E-state index is -4.34. The van der Waals surface area contributed by atoms with Crippen molar-refractivity contribution in [2.24, 2.45) is 5.92 Å². The Kier molecular flexibility index (Phi) is 8.37. The van der Waals surface area contributed by atoms with E-state index in [4.69, 9.17) is 0 Å². The molecule has 3 heteroatoms. The lowest BCUT2D eigenvalue weighted by molar-refractivity contribution is -0.150. The number of alkyl halides is 3. The van der Waals surface area contributed by atoms with Gasteiger partial charge in [-0.25, -0.2) is 0 Å². The fourth-order valence-corrected chi connectivity index (χ4v) is 1.44. The molecule has 0 aromatic carbocycles. The van der Waals surface area contributed by atoms with E-state index >= 15 is 0 Å². The summed E-state index contributed by atoms with van der Waals surface area (Å²) in [6, 6.07) is 0. The van der Waals surface area contributed by atoms with Crippen LogP contribution in [-0.2, 0) is 0 Å². The molecule has 0 fully saturated rings. The number of rotatable bonds is 6. The van der Waals surface area contributed by atoms with Crippen LogP contribution in [0.3, 0.4) is 0 Å². The van der Waals surface area contributed by atoms with Gasteiger partial charge in [-0.15, -0.1) is 0 Å². The van der Waals surface area contributed by atoms with Crippen LogP contribution in [0.5, 0.6) is 0 Å². The molecule has 0 amide bonds. The van der Waals surface area contributed by atoms with Gasteiger partial charge in [0.05, 0.1) is 5.92 Å². The summed E-state index contributed by atoms with van der Waals surface area (Å²) in [4.78, 5) is 0. The lowest BCUT2D eigenvalue weighted by Gasteiger charge is -2.18. The first-order valence-corrected chi connectivity index (χ1v) is 6.35. The van der Waals surface area contributed by atoms with Crippen molar-refractivity contribution in [2.75, 3.05) is 0 Å². The van der Waals surface area contributed by atoms with Crippen molar-refractivity contribution in [3.63, 3.8) is 0 Å². The van der Waals surface area contributed by atoms with Gasteiger partial charge >= 0.3 is 6.18 Å². The van der Waals surface area contributed by atoms with Gasteiger partial charge in [-0.3, -0.25) is 0 Å². The lowest BCUT2D eigenvalue weighted by Crippen LogP contribution is -2.22. The number of hydrogen-bond donors (Lipinski definition) is 0. The summed E-state index contributed by atoms with van der Waals surface area (Å²) in [5.41, 5.74) is 0.570. The molecule has 0 aromatic heterocycles. The molecule has 0 aromatic rings. The Bertz CT molecular complexity index is 443. The summed E-state index contributed by atoms with van der Waals surface area (Å²) in [5, 5.41) is 0. The maximum atomic E-state index is 13.0. The van der Waals surface area contributed by atoms with Gasteiger partial charge in [0.15, 0.2) is 0 Å². The fourth-order valence-electron chi connectivity index (χ4n) is 1.44. The third-order valence-electron chi connectivity index (χ3n) is 2.46. The smallest absolute Gasteiger partial charge is 0.170 e. The van der Waals surface area contributed by atoms with Crippen LogP contribution in [0.1, 0.15) is 20.8 Å². The van der Waals surface area contributed by atoms with E-state index < -0.39 is 12.1 Å². The summed E-state index contributed by atoms with van der Waals surface area (Å²) >= 11 is 0. The van der Waals surface area contributed by atoms with Crippen LogP contribution in [-0.4, -0.2) is 6.18 Å². The van der Waals surface area contributed by atoms with E-state index in [0.29, 0.717) is 5.57 Å². The number of allylic oxidation sites excluding steroid dienone is 11. The molecule has 0 aliphatic heterocycles. The molecule has 1 atom stereocenters. The largest absolute Gasteiger partial charge is 0.399 e. The van der Waals surface area contributed by atoms with Crippen molar-refractivity contribution in [3.05, 3.63) is 72.4 Å². The van der Waals surface area contributed by atoms with Crippen molar-refractivity contribution in [1.29, 1.82) is 0 Å². The van der Waals surface area contributed by atoms with Crippen molar-refractivity contribution < 1.29 is 13.2 Å². The molecule has 0 rings (SSSR count). The number of halogens is 3. The lowest BCUT2D eigenvalue weighted by atomic mass is 9.96. The fraction of sp³-hybridized carbons (Fsp3) is 0.294. The average molecular weight is 282 g/mol. The second kappa shape index (κ2) is 9.18. The highest BCUT2D eigenvalue weighted by Gasteiger charge is 2.38. The summed E-state index contributed by atoms with van der Waals surface area (Å²) < 4.78 is 39.1. The van der Waals surface area contributed by atoms with Gasteiger partial charge in [0.2, 0.25) is 0 Å². The highest BCUT2D eigenvalue weighted by molar-refractivity contribution is 5.30. The molecule has 0 heterocycles. The van der Waals surface area contributed by atoms with Gasteiger partial charge in [0.1, 0.15) is 0 Å². The minimum Gasteiger partial charge on any atom is -0.170 e. The third kappa shape index (κ3) is 7.62. The second-order valence-electron chi connectivity index (χ2n) is 4.27. The van der Waals surface area contributed by atoms with E-state index in [0.717, 1.165) is 0 Å². The van der Waals surface area contributed by atoms with Crippen LogP contribution >= 0.6 is 0 Å². The van der Waals surface area contributed by atoms with Crippen molar-refractivity contribution in [2.45, 2.75) is 26.9 Å². The summed E-state index contributed by atoms with van der Waals surface area (Å²) in [6.45, 7) is 8.80. The van der Waals surface area contributed by atoms with Gasteiger partial charge in [0, 0.05) is 0 Å². The first kappa shape index (κ1) is 18.2. The van der Waals surface area contributed by atoms with Gasteiger partial charge in [0.25, 0.3) is 0 Å². The molecule has 0 aliphatic rings. The Hall–Kier alpha value is -1.77. The molecule has 1 unspecified atom stereocenters. The Labute approximate surface area is 119 Å². The Morgan fingerprint density at radius 3 is 1.90 bits per heavy atom. The summed E-state index contributed by atoms with van der Waals surface area (Å²) in [7, 11) is 0. The molecule has 110 valence electrons. The van der Waals surface area contributed by atoms with E-state index in [-0.39, 0.29) is 5.57 Å². The SMILES string of the molecule is C=C(/C=C\C=C/C)C(\C=C(C)/C=C\C=C/C)C(F)(F)F. The standard InChI is InChI=1S/C17H21F3/c1-5-7-9-11-14(3)13-16(17(18,19)20)15(4)12-10-8-6-2/h5-13,16H,4H2,1-3H3/b7-5-,8-6-,11-9-,12-10-,14-13-. The molecule has 0 spiro atoms. The number of hydrogen-bond acceptors (Lipinski definition) is 0. The maximum absolute atomic E-state index is 13.0. The van der Waals surface area contributed by atoms with Crippen molar-refractivity contribution >= 4 is 0 Å². The maximum Gasteiger partial charge on any atom is 0.399 e. The van der Waals surface area contributed by atoms with Crippen molar-refractivity contribution in [3.8, 4) is 0 Å². The zero-order chi connectivity index (χ0) is 15.6. The molecule has 0 nitrogen and oxygen atoms in total. The van der Waals surface area contributed by atoms with Crippen LogP contribution in [0.25, 0.3) is 0 Å². The molecule has 0 bridgehead atoms. The van der Waals surface area contributed by atoms with Gasteiger partial charge in [-0.05, 0) is 26.3 Å². The normalized spacial score (nSPS) is 16.0. The van der Waals surface area contributed by atoms with E-state index in [1.807, 2.05) is 13.0 Å². The van der Waals surface area contributed by atoms with E-state index in [2.05, 4.69) is 6.58 Å². The van der Waals surface area contributed by atoms with Gasteiger partial charge in [-0.2, -0.15) is 13.2 Å². The average Bonchev–Trinajstić information content (AvgIpc) is 2.35. The third-order valence-corrected chi connectivity index (χ3v) is 2.46. The predicted molar refractivity (Wildman–Crippen MR) is 80.4 cm³/mol. The van der Waals surface area contributed by atoms with Crippen LogP contribution in [0.4, 0.5) is 13.2 Å². The molecular weight excluding hydrogens is 261 g/mol. The molecule has 0 aliphatic carbocycles. The molecule has 0 saturated heterocycles. The van der Waals surface area contributed by atoms with E-state index in [1.165, 1.54) is 12.2 Å². The first-order valence-electron chi connectivity index (χ1n) is 6.35. The Balaban J connectivity index is 5.18. The Morgan fingerprint density at radius 1 is 0.950 bits per heavy atom. The first-order chi connectivity index (χ1) is 9.32. The summed E-state index contributed by atoms with van der Waals surface area (Å²) in [5.74, 6) is -1.67. The highest BCUT2D eigenvalue weighted by atomic mass is 19.4. The Morgan fingerprint density at radius 2 is 1.45 bits per heavy atom. The second-order valence-corrected chi connectivity index (χ2v) is 4.27. The zero-order valence-corrected chi connectivity index (χ0v) is 12.1. The molecule has 20 heavy (non-hydrogen) atoms. The monoisotopic (exact) mass is 282 g/mol. The molecule has 0 radical (unpaired) electrons. The van der Waals surface area contributed by atoms with Crippen LogP contribution in [0.2, 0.25) is 0 Å². The van der Waals surface area contributed by atoms with Gasteiger partial charge < -0.3 is 0 Å². The van der Waals surface area contributed by atoms with Crippen LogP contribution in [0.15, 0.2) is 72.4 Å². The quantitative estimate of drug-likeness (QED) is 0.529. The molecule has 0 N–H and O–H groups in total. The van der Waals surface area contributed by atoms with Crippen LogP contribution < -0.4 is 0 Å². The highest BCUT2D eigenvalue weighted by Crippen LogP contribution is 2.33. The van der Waals surface area contributed by atoms with Crippen LogP contribution in [0, 0.1) is 5.92 Å². The summed E-state index contributed by atoms with van der Waals surface area (Å²) in [6.07, 6.45) is 10.1. The van der Waals surface area contributed by atoms with Crippen molar-refractivity contribution in [1.82, 2.24) is 0 Å². The topological polar surface area (TPSA) is 0 Å². The van der Waals surface area contributed by atoms with E-state index in [9.17, 15) is 13.2 Å². The van der Waals surface area contributed by atoms with Gasteiger partial charge in [-0.1, -0.05) is 66.8 Å². The molecule has 0 saturated carbocycles. The minimum absolute atomic E-state index is 0.0226. The zero-order valence-electron chi connectivity index (χ0n) is 12.1. The predicted octanol–water partition coefficient (Wildman–Crippen LogP) is 5.93.